The number of alkyl halides is 3. The zero-order valence-electron chi connectivity index (χ0n) is 21.0. The lowest BCUT2D eigenvalue weighted by atomic mass is 10.2. The summed E-state index contributed by atoms with van der Waals surface area (Å²) in [5.74, 6) is -1.04. The zero-order chi connectivity index (χ0) is 29.3. The van der Waals surface area contributed by atoms with Crippen molar-refractivity contribution in [2.75, 3.05) is 20.8 Å². The fourth-order valence-corrected chi connectivity index (χ4v) is 3.37. The van der Waals surface area contributed by atoms with Gasteiger partial charge in [-0.05, 0) is 48.0 Å². The standard InChI is InChI=1S/C26H23ClF3N3O7/c1-37-21-9-16(13-32-33-25(36)17-5-8-20(34)19(27)11-17)10-22(38-2)24(21)39-14-23(35)31-12-15-3-6-18(7-4-15)40-26(28,29)30/h3-11,13,34H,12,14H2,1-2H3,(H,31,35)(H,33,36)/b32-13+. The number of rotatable bonds is 11. The number of halogens is 4. The molecule has 2 amide bonds. The van der Waals surface area contributed by atoms with Crippen LogP contribution < -0.4 is 29.7 Å². The number of nitrogens with one attached hydrogen (secondary N) is 2. The number of carbonyl (C=O) groups excluding carboxylic acids is 2. The molecule has 0 unspecified atom stereocenters. The quantitative estimate of drug-likeness (QED) is 0.226. The third-order valence-corrected chi connectivity index (χ3v) is 5.37. The molecular weight excluding hydrogens is 559 g/mol. The van der Waals surface area contributed by atoms with E-state index in [0.29, 0.717) is 11.1 Å². The molecule has 0 fully saturated rings. The van der Waals surface area contributed by atoms with Crippen LogP contribution >= 0.6 is 11.6 Å². The lowest BCUT2D eigenvalue weighted by molar-refractivity contribution is -0.274. The summed E-state index contributed by atoms with van der Waals surface area (Å²) in [6.07, 6.45) is -3.47. The highest BCUT2D eigenvalue weighted by molar-refractivity contribution is 6.32. The van der Waals surface area contributed by atoms with E-state index < -0.39 is 24.8 Å². The number of benzene rings is 3. The zero-order valence-corrected chi connectivity index (χ0v) is 21.8. The van der Waals surface area contributed by atoms with E-state index in [1.807, 2.05) is 0 Å². The molecule has 0 bridgehead atoms. The highest BCUT2D eigenvalue weighted by Crippen LogP contribution is 2.38. The van der Waals surface area contributed by atoms with Gasteiger partial charge in [0.15, 0.2) is 18.1 Å². The van der Waals surface area contributed by atoms with Gasteiger partial charge in [0.05, 0.1) is 25.5 Å². The van der Waals surface area contributed by atoms with Crippen molar-refractivity contribution in [1.29, 1.82) is 0 Å². The lowest BCUT2D eigenvalue weighted by Crippen LogP contribution is -2.28. The molecule has 3 N–H and O–H groups in total. The molecule has 0 aliphatic heterocycles. The number of phenolic OH excluding ortho intramolecular Hbond substituents is 1. The number of ether oxygens (including phenoxy) is 4. The topological polar surface area (TPSA) is 128 Å². The van der Waals surface area contributed by atoms with Gasteiger partial charge in [-0.25, -0.2) is 5.43 Å². The van der Waals surface area contributed by atoms with Crippen LogP contribution in [0.15, 0.2) is 59.7 Å². The Bertz CT molecular complexity index is 1360. The van der Waals surface area contributed by atoms with Crippen molar-refractivity contribution in [3.63, 3.8) is 0 Å². The fourth-order valence-electron chi connectivity index (χ4n) is 3.19. The van der Waals surface area contributed by atoms with Crippen LogP contribution in [0.4, 0.5) is 13.2 Å². The lowest BCUT2D eigenvalue weighted by Gasteiger charge is -2.15. The molecule has 10 nitrogen and oxygen atoms in total. The van der Waals surface area contributed by atoms with Crippen LogP contribution in [0, 0.1) is 0 Å². The summed E-state index contributed by atoms with van der Waals surface area (Å²) in [6, 6.07) is 12.1. The van der Waals surface area contributed by atoms with Gasteiger partial charge in [0, 0.05) is 17.7 Å². The smallest absolute Gasteiger partial charge is 0.506 e. The van der Waals surface area contributed by atoms with Crippen molar-refractivity contribution in [3.8, 4) is 28.7 Å². The molecule has 40 heavy (non-hydrogen) atoms. The molecule has 0 aliphatic carbocycles. The molecule has 0 radical (unpaired) electrons. The summed E-state index contributed by atoms with van der Waals surface area (Å²) in [6.45, 7) is -0.374. The number of phenols is 1. The Balaban J connectivity index is 1.58. The van der Waals surface area contributed by atoms with Gasteiger partial charge < -0.3 is 29.4 Å². The molecule has 212 valence electrons. The van der Waals surface area contributed by atoms with E-state index in [9.17, 15) is 27.9 Å². The summed E-state index contributed by atoms with van der Waals surface area (Å²) < 4.78 is 56.9. The summed E-state index contributed by atoms with van der Waals surface area (Å²) in [4.78, 5) is 24.5. The molecule has 0 saturated heterocycles. The van der Waals surface area contributed by atoms with Crippen molar-refractivity contribution >= 4 is 29.6 Å². The maximum absolute atomic E-state index is 12.3. The van der Waals surface area contributed by atoms with E-state index in [2.05, 4.69) is 20.6 Å². The number of hydrogen-bond acceptors (Lipinski definition) is 8. The first kappa shape index (κ1) is 29.9. The third kappa shape index (κ3) is 8.70. The van der Waals surface area contributed by atoms with Crippen LogP contribution in [0.1, 0.15) is 21.5 Å². The molecular formula is C26H23ClF3N3O7. The summed E-state index contributed by atoms with van der Waals surface area (Å²) in [5, 5.41) is 16.0. The number of methoxy groups -OCH3 is 2. The minimum absolute atomic E-state index is 0.0176. The maximum Gasteiger partial charge on any atom is 0.573 e. The first-order chi connectivity index (χ1) is 19.0. The molecule has 0 aromatic heterocycles. The van der Waals surface area contributed by atoms with E-state index in [0.717, 1.165) is 12.1 Å². The highest BCUT2D eigenvalue weighted by Gasteiger charge is 2.31. The second kappa shape index (κ2) is 13.4. The first-order valence-corrected chi connectivity index (χ1v) is 11.7. The van der Waals surface area contributed by atoms with E-state index >= 15 is 0 Å². The van der Waals surface area contributed by atoms with Crippen LogP contribution in [-0.2, 0) is 11.3 Å². The molecule has 3 aromatic rings. The Kier molecular flexibility index (Phi) is 10.0. The maximum atomic E-state index is 12.3. The summed E-state index contributed by atoms with van der Waals surface area (Å²) >= 11 is 5.81. The highest BCUT2D eigenvalue weighted by atomic mass is 35.5. The van der Waals surface area contributed by atoms with Crippen LogP contribution in [-0.4, -0.2) is 50.3 Å². The monoisotopic (exact) mass is 581 g/mol. The minimum atomic E-state index is -4.79. The molecule has 0 saturated carbocycles. The Morgan fingerprint density at radius 1 is 1.02 bits per heavy atom. The number of hydrazone groups is 1. The minimum Gasteiger partial charge on any atom is -0.506 e. The van der Waals surface area contributed by atoms with Gasteiger partial charge in [-0.15, -0.1) is 13.2 Å². The van der Waals surface area contributed by atoms with Crippen molar-refractivity contribution in [2.24, 2.45) is 5.10 Å². The van der Waals surface area contributed by atoms with Gasteiger partial charge in [-0.2, -0.15) is 5.10 Å². The molecule has 3 aromatic carbocycles. The number of nitrogens with zero attached hydrogens (tertiary/aromatic N) is 1. The molecule has 0 atom stereocenters. The fraction of sp³-hybridized carbons (Fsp3) is 0.192. The van der Waals surface area contributed by atoms with Crippen LogP contribution in [0.2, 0.25) is 5.02 Å². The molecule has 14 heteroatoms. The molecule has 0 heterocycles. The third-order valence-electron chi connectivity index (χ3n) is 5.07. The van der Waals surface area contributed by atoms with Crippen molar-refractivity contribution in [3.05, 3.63) is 76.3 Å². The van der Waals surface area contributed by atoms with Gasteiger partial charge in [-0.3, -0.25) is 9.59 Å². The van der Waals surface area contributed by atoms with Gasteiger partial charge >= 0.3 is 6.36 Å². The summed E-state index contributed by atoms with van der Waals surface area (Å²) in [7, 11) is 2.76. The van der Waals surface area contributed by atoms with Crippen molar-refractivity contribution < 1.29 is 46.8 Å². The van der Waals surface area contributed by atoms with Gasteiger partial charge in [0.25, 0.3) is 11.8 Å². The van der Waals surface area contributed by atoms with E-state index in [-0.39, 0.29) is 45.9 Å². The molecule has 3 rings (SSSR count). The number of amides is 2. The largest absolute Gasteiger partial charge is 0.573 e. The predicted molar refractivity (Wildman–Crippen MR) is 138 cm³/mol. The first-order valence-electron chi connectivity index (χ1n) is 11.3. The second-order valence-corrected chi connectivity index (χ2v) is 8.28. The van der Waals surface area contributed by atoms with Crippen LogP contribution in [0.3, 0.4) is 0 Å². The Morgan fingerprint density at radius 3 is 2.25 bits per heavy atom. The molecule has 0 aliphatic rings. The van der Waals surface area contributed by atoms with Gasteiger partial charge in [0.1, 0.15) is 11.5 Å². The van der Waals surface area contributed by atoms with Gasteiger partial charge in [-0.1, -0.05) is 23.7 Å². The van der Waals surface area contributed by atoms with Crippen LogP contribution in [0.5, 0.6) is 28.7 Å². The normalized spacial score (nSPS) is 11.2. The van der Waals surface area contributed by atoms with E-state index in [4.69, 9.17) is 25.8 Å². The van der Waals surface area contributed by atoms with E-state index in [1.54, 1.807) is 0 Å². The average Bonchev–Trinajstić information content (AvgIpc) is 2.91. The second-order valence-electron chi connectivity index (χ2n) is 7.88. The predicted octanol–water partition coefficient (Wildman–Crippen LogP) is 4.42. The Labute approximate surface area is 231 Å². The Hall–Kier alpha value is -4.65. The number of carbonyl (C=O) groups is 2. The average molecular weight is 582 g/mol. The van der Waals surface area contributed by atoms with Crippen molar-refractivity contribution in [1.82, 2.24) is 10.7 Å². The van der Waals surface area contributed by atoms with Crippen LogP contribution in [0.25, 0.3) is 0 Å². The number of hydrogen-bond donors (Lipinski definition) is 3. The Morgan fingerprint density at radius 2 is 1.68 bits per heavy atom. The van der Waals surface area contributed by atoms with Gasteiger partial charge in [0.2, 0.25) is 5.75 Å². The van der Waals surface area contributed by atoms with E-state index in [1.165, 1.54) is 62.9 Å². The summed E-state index contributed by atoms with van der Waals surface area (Å²) in [5.41, 5.74) is 3.53. The molecule has 0 spiro atoms. The SMILES string of the molecule is COc1cc(/C=N/NC(=O)c2ccc(O)c(Cl)c2)cc(OC)c1OCC(=O)NCc1ccc(OC(F)(F)F)cc1. The van der Waals surface area contributed by atoms with Crippen molar-refractivity contribution in [2.45, 2.75) is 12.9 Å². The number of aromatic hydroxyl groups is 1.